The molecule has 2 saturated heterocycles. The molecule has 2 aliphatic heterocycles. The van der Waals surface area contributed by atoms with Gasteiger partial charge in [0.2, 0.25) is 0 Å². The van der Waals surface area contributed by atoms with Gasteiger partial charge in [0.15, 0.2) is 0 Å². The molecule has 0 aromatic rings. The van der Waals surface area contributed by atoms with E-state index in [1.807, 2.05) is 0 Å². The van der Waals surface area contributed by atoms with Crippen LogP contribution in [-0.4, -0.2) is 39.0 Å². The number of piperidine rings is 1. The number of nitrogens with one attached hydrogen (secondary N) is 1. The van der Waals surface area contributed by atoms with Crippen molar-refractivity contribution in [2.24, 2.45) is 5.92 Å². The van der Waals surface area contributed by atoms with Crippen molar-refractivity contribution >= 4 is 12.4 Å². The van der Waals surface area contributed by atoms with E-state index >= 15 is 0 Å². The lowest BCUT2D eigenvalue weighted by Crippen LogP contribution is -2.31. The highest BCUT2D eigenvalue weighted by Gasteiger charge is 2.19. The number of hydrogen-bond acceptors (Lipinski definition) is 3. The molecule has 84 valence electrons. The van der Waals surface area contributed by atoms with E-state index in [9.17, 15) is 0 Å². The molecule has 2 heterocycles. The van der Waals surface area contributed by atoms with Gasteiger partial charge in [-0.05, 0) is 38.3 Å². The molecule has 2 rings (SSSR count). The molecule has 0 saturated carbocycles. The smallest absolute Gasteiger partial charge is 0.0830 e. The van der Waals surface area contributed by atoms with Crippen LogP contribution in [0.4, 0.5) is 0 Å². The van der Waals surface area contributed by atoms with Crippen molar-refractivity contribution in [1.82, 2.24) is 5.32 Å². The second kappa shape index (κ2) is 6.62. The van der Waals surface area contributed by atoms with Gasteiger partial charge in [-0.2, -0.15) is 0 Å². The van der Waals surface area contributed by atoms with E-state index in [1.54, 1.807) is 0 Å². The summed E-state index contributed by atoms with van der Waals surface area (Å²) < 4.78 is 11.0. The Hall–Kier alpha value is 0.170. The van der Waals surface area contributed by atoms with Gasteiger partial charge in [-0.25, -0.2) is 0 Å². The summed E-state index contributed by atoms with van der Waals surface area (Å²) in [7, 11) is 0. The summed E-state index contributed by atoms with van der Waals surface area (Å²) in [6, 6.07) is 0. The minimum atomic E-state index is 0. The Morgan fingerprint density at radius 2 is 2.00 bits per heavy atom. The summed E-state index contributed by atoms with van der Waals surface area (Å²) in [5, 5.41) is 3.36. The molecule has 0 spiro atoms. The number of ether oxygens (including phenoxy) is 2. The first-order valence-electron chi connectivity index (χ1n) is 5.35. The summed E-state index contributed by atoms with van der Waals surface area (Å²) in [5.74, 6) is 0.779. The van der Waals surface area contributed by atoms with Crippen LogP contribution in [0.5, 0.6) is 0 Å². The van der Waals surface area contributed by atoms with Crippen molar-refractivity contribution < 1.29 is 9.47 Å². The molecule has 14 heavy (non-hydrogen) atoms. The topological polar surface area (TPSA) is 30.5 Å². The van der Waals surface area contributed by atoms with E-state index in [2.05, 4.69) is 5.32 Å². The van der Waals surface area contributed by atoms with Crippen LogP contribution >= 0.6 is 12.4 Å². The van der Waals surface area contributed by atoms with E-state index in [0.717, 1.165) is 45.2 Å². The third-order valence-electron chi connectivity index (χ3n) is 2.91. The quantitative estimate of drug-likeness (QED) is 0.778. The Balaban J connectivity index is 0.000000980. The highest BCUT2D eigenvalue weighted by atomic mass is 35.5. The molecular weight excluding hydrogens is 202 g/mol. The SMILES string of the molecule is C1CC(CO[C@@H]2CCOC2)CCN1.Cl. The molecule has 0 aromatic heterocycles. The summed E-state index contributed by atoms with van der Waals surface area (Å²) in [4.78, 5) is 0. The van der Waals surface area contributed by atoms with Crippen LogP contribution in [0.2, 0.25) is 0 Å². The van der Waals surface area contributed by atoms with Gasteiger partial charge in [-0.3, -0.25) is 0 Å². The maximum Gasteiger partial charge on any atom is 0.0830 e. The number of hydrogen-bond donors (Lipinski definition) is 1. The molecule has 1 atom stereocenters. The predicted octanol–water partition coefficient (Wildman–Crippen LogP) is 1.21. The maximum absolute atomic E-state index is 5.79. The van der Waals surface area contributed by atoms with Crippen LogP contribution < -0.4 is 5.32 Å². The van der Waals surface area contributed by atoms with Crippen molar-refractivity contribution in [2.75, 3.05) is 32.9 Å². The van der Waals surface area contributed by atoms with Gasteiger partial charge in [0.05, 0.1) is 12.7 Å². The van der Waals surface area contributed by atoms with Crippen LogP contribution in [0.3, 0.4) is 0 Å². The lowest BCUT2D eigenvalue weighted by molar-refractivity contribution is 0.0162. The fourth-order valence-corrected chi connectivity index (χ4v) is 1.96. The standard InChI is InChI=1S/C10H19NO2.ClH/c1-4-11-5-2-9(1)7-13-10-3-6-12-8-10;/h9-11H,1-8H2;1H/t10-;/m1./s1. The maximum atomic E-state index is 5.79. The Labute approximate surface area is 91.9 Å². The summed E-state index contributed by atoms with van der Waals surface area (Å²) >= 11 is 0. The number of rotatable bonds is 3. The van der Waals surface area contributed by atoms with Crippen molar-refractivity contribution in [1.29, 1.82) is 0 Å². The molecular formula is C10H20ClNO2. The van der Waals surface area contributed by atoms with Crippen LogP contribution in [0.1, 0.15) is 19.3 Å². The highest BCUT2D eigenvalue weighted by Crippen LogP contribution is 2.15. The van der Waals surface area contributed by atoms with Gasteiger partial charge in [0, 0.05) is 13.2 Å². The third-order valence-corrected chi connectivity index (χ3v) is 2.91. The zero-order valence-electron chi connectivity index (χ0n) is 8.54. The van der Waals surface area contributed by atoms with Crippen LogP contribution in [0.25, 0.3) is 0 Å². The van der Waals surface area contributed by atoms with Crippen molar-refractivity contribution in [3.8, 4) is 0 Å². The molecule has 1 N–H and O–H groups in total. The zero-order valence-corrected chi connectivity index (χ0v) is 9.35. The first kappa shape index (κ1) is 12.2. The molecule has 0 bridgehead atoms. The largest absolute Gasteiger partial charge is 0.379 e. The van der Waals surface area contributed by atoms with E-state index in [4.69, 9.17) is 9.47 Å². The molecule has 2 fully saturated rings. The monoisotopic (exact) mass is 221 g/mol. The Bertz CT molecular complexity index is 145. The Morgan fingerprint density at radius 3 is 2.64 bits per heavy atom. The minimum absolute atomic E-state index is 0. The molecule has 0 aromatic carbocycles. The van der Waals surface area contributed by atoms with Crippen LogP contribution in [0.15, 0.2) is 0 Å². The molecule has 0 unspecified atom stereocenters. The van der Waals surface area contributed by atoms with Gasteiger partial charge in [-0.15, -0.1) is 12.4 Å². The average Bonchev–Trinajstić information content (AvgIpc) is 2.69. The van der Waals surface area contributed by atoms with Crippen LogP contribution in [-0.2, 0) is 9.47 Å². The molecule has 2 aliphatic rings. The van der Waals surface area contributed by atoms with E-state index in [-0.39, 0.29) is 12.4 Å². The zero-order chi connectivity index (χ0) is 8.93. The van der Waals surface area contributed by atoms with Crippen molar-refractivity contribution in [3.63, 3.8) is 0 Å². The minimum Gasteiger partial charge on any atom is -0.379 e. The summed E-state index contributed by atoms with van der Waals surface area (Å²) in [5.41, 5.74) is 0. The van der Waals surface area contributed by atoms with E-state index < -0.39 is 0 Å². The van der Waals surface area contributed by atoms with Crippen LogP contribution in [0, 0.1) is 5.92 Å². The second-order valence-electron chi connectivity index (χ2n) is 4.01. The van der Waals surface area contributed by atoms with Crippen molar-refractivity contribution in [3.05, 3.63) is 0 Å². The van der Waals surface area contributed by atoms with Gasteiger partial charge < -0.3 is 14.8 Å². The first-order chi connectivity index (χ1) is 6.45. The second-order valence-corrected chi connectivity index (χ2v) is 4.01. The predicted molar refractivity (Wildman–Crippen MR) is 58.0 cm³/mol. The molecule has 0 amide bonds. The van der Waals surface area contributed by atoms with Crippen molar-refractivity contribution in [2.45, 2.75) is 25.4 Å². The first-order valence-corrected chi connectivity index (χ1v) is 5.35. The Kier molecular flexibility index (Phi) is 5.78. The average molecular weight is 222 g/mol. The molecule has 4 heteroatoms. The normalized spacial score (nSPS) is 28.7. The Morgan fingerprint density at radius 1 is 1.21 bits per heavy atom. The van der Waals surface area contributed by atoms with E-state index in [0.29, 0.717) is 6.10 Å². The van der Waals surface area contributed by atoms with Gasteiger partial charge in [0.1, 0.15) is 0 Å². The van der Waals surface area contributed by atoms with E-state index in [1.165, 1.54) is 12.8 Å². The summed E-state index contributed by atoms with van der Waals surface area (Å²) in [6.07, 6.45) is 4.02. The van der Waals surface area contributed by atoms with Gasteiger partial charge >= 0.3 is 0 Å². The van der Waals surface area contributed by atoms with Gasteiger partial charge in [0.25, 0.3) is 0 Å². The molecule has 0 radical (unpaired) electrons. The lowest BCUT2D eigenvalue weighted by Gasteiger charge is -2.23. The lowest BCUT2D eigenvalue weighted by atomic mass is 9.99. The molecule has 0 aliphatic carbocycles. The highest BCUT2D eigenvalue weighted by molar-refractivity contribution is 5.85. The molecule has 3 nitrogen and oxygen atoms in total. The number of halogens is 1. The fourth-order valence-electron chi connectivity index (χ4n) is 1.96. The fraction of sp³-hybridized carbons (Fsp3) is 1.00. The summed E-state index contributed by atoms with van der Waals surface area (Å²) in [6.45, 7) is 4.96. The van der Waals surface area contributed by atoms with Gasteiger partial charge in [-0.1, -0.05) is 0 Å². The third kappa shape index (κ3) is 3.73.